The Morgan fingerprint density at radius 1 is 1.30 bits per heavy atom. The van der Waals surface area contributed by atoms with Crippen LogP contribution in [0.3, 0.4) is 0 Å². The molecule has 0 aromatic heterocycles. The molecule has 0 aromatic rings. The van der Waals surface area contributed by atoms with E-state index in [0.717, 1.165) is 12.3 Å². The van der Waals surface area contributed by atoms with Gasteiger partial charge in [0.15, 0.2) is 0 Å². The fourth-order valence-corrected chi connectivity index (χ4v) is 2.35. The highest BCUT2D eigenvalue weighted by atomic mass is 16.1. The Morgan fingerprint density at radius 2 is 1.90 bits per heavy atom. The first-order chi connectivity index (χ1) is 4.81. The Morgan fingerprint density at radius 3 is 2.40 bits per heavy atom. The molecular weight excluding hydrogens is 126 g/mol. The minimum Gasteiger partial charge on any atom is -0.339 e. The van der Waals surface area contributed by atoms with Gasteiger partial charge >= 0.3 is 0 Å². The molecule has 0 spiro atoms. The zero-order valence-corrected chi connectivity index (χ0v) is 6.29. The number of piperidine rings is 1. The van der Waals surface area contributed by atoms with Crippen LogP contribution in [0.1, 0.15) is 26.2 Å². The zero-order valence-electron chi connectivity index (χ0n) is 6.29. The third-order valence-corrected chi connectivity index (χ3v) is 2.86. The lowest BCUT2D eigenvalue weighted by atomic mass is 9.75. The fraction of sp³-hybridized carbons (Fsp3) is 0.875. The van der Waals surface area contributed by atoms with Crippen molar-refractivity contribution in [2.75, 3.05) is 0 Å². The summed E-state index contributed by atoms with van der Waals surface area (Å²) in [5, 5.41) is 0. The number of carbonyl (C=O) groups is 1. The molecule has 1 amide bonds. The van der Waals surface area contributed by atoms with Crippen LogP contribution in [-0.4, -0.2) is 23.4 Å². The molecule has 2 bridgehead atoms. The number of fused-ring (bicyclic) bond motifs is 2. The molecule has 3 aliphatic rings. The number of hydrogen-bond donors (Lipinski definition) is 0. The number of carbonyl (C=O) groups excluding carboxylic acids is 1. The Balaban J connectivity index is 2.02. The molecule has 2 heteroatoms. The predicted octanol–water partition coefficient (Wildman–Crippen LogP) is 1.02. The fourth-order valence-electron chi connectivity index (χ4n) is 2.35. The van der Waals surface area contributed by atoms with E-state index in [0.29, 0.717) is 12.1 Å². The average Bonchev–Trinajstić information content (AvgIpc) is 1.87. The van der Waals surface area contributed by atoms with Crippen molar-refractivity contribution in [2.45, 2.75) is 38.3 Å². The highest BCUT2D eigenvalue weighted by Gasteiger charge is 2.42. The maximum absolute atomic E-state index is 10.4. The van der Waals surface area contributed by atoms with Crippen molar-refractivity contribution in [3.63, 3.8) is 0 Å². The van der Waals surface area contributed by atoms with Crippen LogP contribution in [0.5, 0.6) is 0 Å². The van der Waals surface area contributed by atoms with Crippen LogP contribution in [0.25, 0.3) is 0 Å². The SMILES string of the molecule is CC1CC2C[C@@H](C1)N2C=O. The normalized spacial score (nSPS) is 44.5. The smallest absolute Gasteiger partial charge is 0.210 e. The minimum absolute atomic E-state index is 0.603. The van der Waals surface area contributed by atoms with Gasteiger partial charge in [0, 0.05) is 12.1 Å². The summed E-state index contributed by atoms with van der Waals surface area (Å²) in [6.07, 6.45) is 4.75. The molecule has 2 aliphatic heterocycles. The van der Waals surface area contributed by atoms with E-state index in [2.05, 4.69) is 6.92 Å². The number of hydrogen-bond acceptors (Lipinski definition) is 1. The van der Waals surface area contributed by atoms with Crippen molar-refractivity contribution in [3.8, 4) is 0 Å². The van der Waals surface area contributed by atoms with Gasteiger partial charge in [-0.2, -0.15) is 0 Å². The van der Waals surface area contributed by atoms with Gasteiger partial charge in [-0.15, -0.1) is 0 Å². The van der Waals surface area contributed by atoms with Crippen molar-refractivity contribution in [1.82, 2.24) is 4.90 Å². The number of rotatable bonds is 1. The Labute approximate surface area is 61.2 Å². The molecule has 3 rings (SSSR count). The van der Waals surface area contributed by atoms with Gasteiger partial charge in [-0.05, 0) is 25.2 Å². The molecule has 1 saturated carbocycles. The van der Waals surface area contributed by atoms with E-state index >= 15 is 0 Å². The summed E-state index contributed by atoms with van der Waals surface area (Å²) < 4.78 is 0. The summed E-state index contributed by atoms with van der Waals surface area (Å²) in [4.78, 5) is 12.4. The maximum atomic E-state index is 10.4. The lowest BCUT2D eigenvalue weighted by molar-refractivity contribution is -0.136. The van der Waals surface area contributed by atoms with Gasteiger partial charge in [0.2, 0.25) is 6.41 Å². The van der Waals surface area contributed by atoms with Gasteiger partial charge in [0.1, 0.15) is 0 Å². The number of amides is 1. The molecular formula is C8H13NO. The van der Waals surface area contributed by atoms with Crippen LogP contribution in [0.4, 0.5) is 0 Å². The summed E-state index contributed by atoms with van der Waals surface area (Å²) in [5.41, 5.74) is 0. The molecule has 3 atom stereocenters. The Kier molecular flexibility index (Phi) is 1.22. The predicted molar refractivity (Wildman–Crippen MR) is 38.5 cm³/mol. The van der Waals surface area contributed by atoms with Gasteiger partial charge in [0.25, 0.3) is 0 Å². The van der Waals surface area contributed by atoms with Crippen LogP contribution >= 0.6 is 0 Å². The van der Waals surface area contributed by atoms with Crippen LogP contribution in [0.15, 0.2) is 0 Å². The first-order valence-corrected chi connectivity index (χ1v) is 4.04. The summed E-state index contributed by atoms with van der Waals surface area (Å²) in [6.45, 7) is 2.28. The molecule has 56 valence electrons. The van der Waals surface area contributed by atoms with Crippen LogP contribution in [0.2, 0.25) is 0 Å². The molecule has 0 aromatic carbocycles. The summed E-state index contributed by atoms with van der Waals surface area (Å²) in [7, 11) is 0. The van der Waals surface area contributed by atoms with Crippen molar-refractivity contribution >= 4 is 6.41 Å². The second-order valence-electron chi connectivity index (χ2n) is 3.67. The summed E-state index contributed by atoms with van der Waals surface area (Å²) in [6, 6.07) is 1.21. The molecule has 0 radical (unpaired) electrons. The van der Waals surface area contributed by atoms with Gasteiger partial charge in [-0.1, -0.05) is 6.92 Å². The molecule has 2 nitrogen and oxygen atoms in total. The lowest BCUT2D eigenvalue weighted by Gasteiger charge is -2.53. The summed E-state index contributed by atoms with van der Waals surface area (Å²) in [5.74, 6) is 0.847. The Bertz CT molecular complexity index is 145. The molecule has 3 fully saturated rings. The van der Waals surface area contributed by atoms with E-state index in [4.69, 9.17) is 0 Å². The summed E-state index contributed by atoms with van der Waals surface area (Å²) >= 11 is 0. The van der Waals surface area contributed by atoms with E-state index in [9.17, 15) is 4.79 Å². The van der Waals surface area contributed by atoms with E-state index in [1.807, 2.05) is 4.90 Å². The zero-order chi connectivity index (χ0) is 7.14. The van der Waals surface area contributed by atoms with E-state index in [-0.39, 0.29) is 0 Å². The Hall–Kier alpha value is -0.530. The lowest BCUT2D eigenvalue weighted by Crippen LogP contribution is -2.59. The highest BCUT2D eigenvalue weighted by molar-refractivity contribution is 5.51. The van der Waals surface area contributed by atoms with Crippen molar-refractivity contribution < 1.29 is 4.79 Å². The monoisotopic (exact) mass is 139 g/mol. The van der Waals surface area contributed by atoms with Gasteiger partial charge in [-0.3, -0.25) is 4.79 Å². The topological polar surface area (TPSA) is 20.3 Å². The quantitative estimate of drug-likeness (QED) is 0.496. The van der Waals surface area contributed by atoms with Crippen LogP contribution in [0, 0.1) is 5.92 Å². The van der Waals surface area contributed by atoms with E-state index in [1.165, 1.54) is 19.3 Å². The van der Waals surface area contributed by atoms with Crippen molar-refractivity contribution in [2.24, 2.45) is 5.92 Å². The molecule has 1 aliphatic carbocycles. The van der Waals surface area contributed by atoms with Crippen LogP contribution < -0.4 is 0 Å². The van der Waals surface area contributed by atoms with E-state index < -0.39 is 0 Å². The highest BCUT2D eigenvalue weighted by Crippen LogP contribution is 2.39. The van der Waals surface area contributed by atoms with Gasteiger partial charge in [-0.25, -0.2) is 0 Å². The molecule has 2 saturated heterocycles. The first kappa shape index (κ1) is 6.20. The average molecular weight is 139 g/mol. The standard InChI is InChI=1S/C8H13NO/c1-6-2-7-4-8(3-6)9(7)5-10/h5-8H,2-4H2,1H3/t6?,7-,8?/m1/s1. The van der Waals surface area contributed by atoms with Crippen LogP contribution in [-0.2, 0) is 4.79 Å². The minimum atomic E-state index is 0.603. The third-order valence-electron chi connectivity index (χ3n) is 2.86. The molecule has 2 unspecified atom stereocenters. The largest absolute Gasteiger partial charge is 0.339 e. The number of nitrogens with zero attached hydrogens (tertiary/aromatic N) is 1. The second-order valence-corrected chi connectivity index (χ2v) is 3.67. The van der Waals surface area contributed by atoms with Gasteiger partial charge < -0.3 is 4.90 Å². The maximum Gasteiger partial charge on any atom is 0.210 e. The van der Waals surface area contributed by atoms with E-state index in [1.54, 1.807) is 0 Å². The molecule has 0 N–H and O–H groups in total. The first-order valence-electron chi connectivity index (χ1n) is 4.04. The van der Waals surface area contributed by atoms with Gasteiger partial charge in [0.05, 0.1) is 0 Å². The molecule has 2 heterocycles. The second kappa shape index (κ2) is 1.97. The van der Waals surface area contributed by atoms with Crippen molar-refractivity contribution in [3.05, 3.63) is 0 Å². The third kappa shape index (κ3) is 0.678. The van der Waals surface area contributed by atoms with Crippen molar-refractivity contribution in [1.29, 1.82) is 0 Å². The molecule has 10 heavy (non-hydrogen) atoms.